The minimum Gasteiger partial charge on any atom is -0.463 e. The van der Waals surface area contributed by atoms with Gasteiger partial charge >= 0.3 is 5.97 Å². The van der Waals surface area contributed by atoms with Crippen LogP contribution in [-0.2, 0) is 9.53 Å². The third-order valence-electron chi connectivity index (χ3n) is 2.89. The molecule has 0 amide bonds. The van der Waals surface area contributed by atoms with Gasteiger partial charge in [0.15, 0.2) is 0 Å². The summed E-state index contributed by atoms with van der Waals surface area (Å²) in [6.07, 6.45) is 5.50. The lowest BCUT2D eigenvalue weighted by Gasteiger charge is -2.25. The molecule has 1 N–H and O–H groups in total. The molecule has 0 aliphatic carbocycles. The molecule has 0 aromatic heterocycles. The molecule has 3 nitrogen and oxygen atoms in total. The Kier molecular flexibility index (Phi) is 8.23. The normalized spacial score (nSPS) is 13.5. The summed E-state index contributed by atoms with van der Waals surface area (Å²) in [4.78, 5) is 11.4. The molecule has 0 aliphatic heterocycles. The summed E-state index contributed by atoms with van der Waals surface area (Å²) in [5.41, 5.74) is -0.235. The fourth-order valence-corrected chi connectivity index (χ4v) is 1.37. The molecule has 102 valence electrons. The largest absolute Gasteiger partial charge is 0.463 e. The van der Waals surface area contributed by atoms with Crippen LogP contribution in [0.5, 0.6) is 0 Å². The van der Waals surface area contributed by atoms with E-state index in [4.69, 9.17) is 4.74 Å². The minimum atomic E-state index is -0.591. The van der Waals surface area contributed by atoms with E-state index in [-0.39, 0.29) is 18.0 Å². The number of hydrogen-bond acceptors (Lipinski definition) is 3. The van der Waals surface area contributed by atoms with Gasteiger partial charge < -0.3 is 9.84 Å². The SMILES string of the molecule is CCCCCCCC(=O)OCC(O)C(C)(C)C. The number of carbonyl (C=O) groups excluding carboxylic acids is 1. The van der Waals surface area contributed by atoms with Crippen LogP contribution in [0.3, 0.4) is 0 Å². The van der Waals surface area contributed by atoms with E-state index in [2.05, 4.69) is 6.92 Å². The summed E-state index contributed by atoms with van der Waals surface area (Å²) in [6, 6.07) is 0. The predicted octanol–water partition coefficient (Wildman–Crippen LogP) is 3.30. The van der Waals surface area contributed by atoms with Gasteiger partial charge in [-0.25, -0.2) is 0 Å². The van der Waals surface area contributed by atoms with Crippen molar-refractivity contribution >= 4 is 5.97 Å². The van der Waals surface area contributed by atoms with Gasteiger partial charge in [-0.05, 0) is 11.8 Å². The molecule has 0 saturated heterocycles. The Morgan fingerprint density at radius 3 is 2.29 bits per heavy atom. The summed E-state index contributed by atoms with van der Waals surface area (Å²) in [7, 11) is 0. The molecule has 0 radical (unpaired) electrons. The first-order valence-electron chi connectivity index (χ1n) is 6.71. The topological polar surface area (TPSA) is 46.5 Å². The summed E-state index contributed by atoms with van der Waals surface area (Å²) in [5.74, 6) is -0.190. The molecular formula is C14H28O3. The van der Waals surface area contributed by atoms with E-state index >= 15 is 0 Å². The molecule has 3 heteroatoms. The number of aliphatic hydroxyl groups is 1. The maximum atomic E-state index is 11.4. The summed E-state index contributed by atoms with van der Waals surface area (Å²) >= 11 is 0. The van der Waals surface area contributed by atoms with Crippen LogP contribution in [0, 0.1) is 5.41 Å². The molecule has 0 aromatic carbocycles. The molecule has 1 atom stereocenters. The Morgan fingerprint density at radius 1 is 1.18 bits per heavy atom. The molecule has 0 heterocycles. The minimum absolute atomic E-state index is 0.108. The molecular weight excluding hydrogens is 216 g/mol. The zero-order valence-electron chi connectivity index (χ0n) is 11.8. The van der Waals surface area contributed by atoms with E-state index in [0.29, 0.717) is 6.42 Å². The first-order valence-corrected chi connectivity index (χ1v) is 6.71. The summed E-state index contributed by atoms with van der Waals surface area (Å²) in [6.45, 7) is 8.06. The molecule has 0 aliphatic rings. The van der Waals surface area contributed by atoms with Gasteiger partial charge in [0.25, 0.3) is 0 Å². The lowest BCUT2D eigenvalue weighted by atomic mass is 9.90. The highest BCUT2D eigenvalue weighted by atomic mass is 16.5. The third-order valence-corrected chi connectivity index (χ3v) is 2.89. The van der Waals surface area contributed by atoms with Crippen LogP contribution in [0.25, 0.3) is 0 Å². The van der Waals surface area contributed by atoms with Crippen molar-refractivity contribution < 1.29 is 14.6 Å². The van der Waals surface area contributed by atoms with E-state index in [0.717, 1.165) is 12.8 Å². The number of unbranched alkanes of at least 4 members (excludes halogenated alkanes) is 4. The van der Waals surface area contributed by atoms with Crippen molar-refractivity contribution in [3.05, 3.63) is 0 Å². The van der Waals surface area contributed by atoms with Gasteiger partial charge in [0.1, 0.15) is 6.61 Å². The lowest BCUT2D eigenvalue weighted by molar-refractivity contribution is -0.148. The number of aliphatic hydroxyl groups excluding tert-OH is 1. The molecule has 0 fully saturated rings. The van der Waals surface area contributed by atoms with E-state index in [1.165, 1.54) is 19.3 Å². The Balaban J connectivity index is 3.53. The van der Waals surface area contributed by atoms with Gasteiger partial charge in [-0.15, -0.1) is 0 Å². The van der Waals surface area contributed by atoms with Crippen molar-refractivity contribution in [3.63, 3.8) is 0 Å². The maximum Gasteiger partial charge on any atom is 0.305 e. The van der Waals surface area contributed by atoms with Crippen molar-refractivity contribution in [3.8, 4) is 0 Å². The quantitative estimate of drug-likeness (QED) is 0.526. The van der Waals surface area contributed by atoms with Crippen molar-refractivity contribution in [2.45, 2.75) is 72.3 Å². The van der Waals surface area contributed by atoms with Crippen molar-refractivity contribution in [1.82, 2.24) is 0 Å². The summed E-state index contributed by atoms with van der Waals surface area (Å²) in [5, 5.41) is 9.70. The second-order valence-corrected chi connectivity index (χ2v) is 5.73. The van der Waals surface area contributed by atoms with E-state index in [9.17, 15) is 9.90 Å². The zero-order chi connectivity index (χ0) is 13.3. The second kappa shape index (κ2) is 8.51. The molecule has 0 aromatic rings. The average Bonchev–Trinajstić information content (AvgIpc) is 2.24. The highest BCUT2D eigenvalue weighted by molar-refractivity contribution is 5.69. The predicted molar refractivity (Wildman–Crippen MR) is 69.8 cm³/mol. The second-order valence-electron chi connectivity index (χ2n) is 5.73. The van der Waals surface area contributed by atoms with Crippen LogP contribution < -0.4 is 0 Å². The first-order chi connectivity index (χ1) is 7.88. The van der Waals surface area contributed by atoms with Crippen molar-refractivity contribution in [2.24, 2.45) is 5.41 Å². The Morgan fingerprint density at radius 2 is 1.76 bits per heavy atom. The summed E-state index contributed by atoms with van der Waals surface area (Å²) < 4.78 is 5.05. The number of hydrogen-bond donors (Lipinski definition) is 1. The fourth-order valence-electron chi connectivity index (χ4n) is 1.37. The Bertz CT molecular complexity index is 206. The van der Waals surface area contributed by atoms with Gasteiger partial charge in [0, 0.05) is 6.42 Å². The van der Waals surface area contributed by atoms with Crippen LogP contribution in [-0.4, -0.2) is 23.8 Å². The molecule has 0 saturated carbocycles. The smallest absolute Gasteiger partial charge is 0.305 e. The highest BCUT2D eigenvalue weighted by Crippen LogP contribution is 2.19. The van der Waals surface area contributed by atoms with Gasteiger partial charge in [-0.1, -0.05) is 53.4 Å². The number of rotatable bonds is 8. The standard InChI is InChI=1S/C14H28O3/c1-5-6-7-8-9-10-13(16)17-11-12(15)14(2,3)4/h12,15H,5-11H2,1-4H3. The lowest BCUT2D eigenvalue weighted by Crippen LogP contribution is -2.31. The molecule has 17 heavy (non-hydrogen) atoms. The van der Waals surface area contributed by atoms with Gasteiger partial charge in [-0.2, -0.15) is 0 Å². The fraction of sp³-hybridized carbons (Fsp3) is 0.929. The monoisotopic (exact) mass is 244 g/mol. The van der Waals surface area contributed by atoms with Crippen LogP contribution in [0.1, 0.15) is 66.2 Å². The van der Waals surface area contributed by atoms with Gasteiger partial charge in [-0.3, -0.25) is 4.79 Å². The molecule has 0 rings (SSSR count). The highest BCUT2D eigenvalue weighted by Gasteiger charge is 2.23. The molecule has 0 bridgehead atoms. The number of esters is 1. The third kappa shape index (κ3) is 9.16. The Labute approximate surface area is 106 Å². The molecule has 0 spiro atoms. The van der Waals surface area contributed by atoms with Gasteiger partial charge in [0.05, 0.1) is 6.10 Å². The maximum absolute atomic E-state index is 11.4. The van der Waals surface area contributed by atoms with E-state index in [1.54, 1.807) is 0 Å². The van der Waals surface area contributed by atoms with E-state index in [1.807, 2.05) is 20.8 Å². The average molecular weight is 244 g/mol. The molecule has 1 unspecified atom stereocenters. The number of ether oxygens (including phenoxy) is 1. The van der Waals surface area contributed by atoms with Crippen LogP contribution in [0.2, 0.25) is 0 Å². The van der Waals surface area contributed by atoms with E-state index < -0.39 is 6.10 Å². The van der Waals surface area contributed by atoms with Crippen LogP contribution in [0.4, 0.5) is 0 Å². The van der Waals surface area contributed by atoms with Crippen LogP contribution >= 0.6 is 0 Å². The Hall–Kier alpha value is -0.570. The first kappa shape index (κ1) is 16.4. The van der Waals surface area contributed by atoms with Gasteiger partial charge in [0.2, 0.25) is 0 Å². The van der Waals surface area contributed by atoms with Crippen LogP contribution in [0.15, 0.2) is 0 Å². The zero-order valence-corrected chi connectivity index (χ0v) is 11.8. The van der Waals surface area contributed by atoms with Crippen molar-refractivity contribution in [2.75, 3.05) is 6.61 Å². The van der Waals surface area contributed by atoms with Crippen molar-refractivity contribution in [1.29, 1.82) is 0 Å². The number of carbonyl (C=O) groups is 1.